The summed E-state index contributed by atoms with van der Waals surface area (Å²) in [5.41, 5.74) is 2.94. The molecule has 23 heavy (non-hydrogen) atoms. The highest BCUT2D eigenvalue weighted by molar-refractivity contribution is 6.02. The van der Waals surface area contributed by atoms with Crippen LogP contribution in [0.5, 0.6) is 0 Å². The number of hydrogen-bond donors (Lipinski definition) is 1. The zero-order valence-electron chi connectivity index (χ0n) is 12.9. The van der Waals surface area contributed by atoms with Gasteiger partial charge in [0.2, 0.25) is 0 Å². The van der Waals surface area contributed by atoms with E-state index in [1.54, 1.807) is 25.5 Å². The Morgan fingerprint density at radius 3 is 2.57 bits per heavy atom. The molecule has 3 rings (SSSR count). The fraction of sp³-hybridized carbons (Fsp3) is 0.167. The van der Waals surface area contributed by atoms with Gasteiger partial charge in [0.15, 0.2) is 0 Å². The lowest BCUT2D eigenvalue weighted by atomic mass is 10.1. The van der Waals surface area contributed by atoms with Gasteiger partial charge in [-0.05, 0) is 42.2 Å². The SMILES string of the molecule is Cn1nccc1C(=O)Nc1cc(CCc2ccccc2)ccn1. The molecule has 0 aliphatic carbocycles. The molecule has 1 amide bonds. The van der Waals surface area contributed by atoms with Crippen molar-refractivity contribution in [3.05, 3.63) is 77.7 Å². The van der Waals surface area contributed by atoms with Crippen molar-refractivity contribution in [3.63, 3.8) is 0 Å². The van der Waals surface area contributed by atoms with Crippen LogP contribution in [0.3, 0.4) is 0 Å². The van der Waals surface area contributed by atoms with E-state index in [1.807, 2.05) is 30.3 Å². The number of nitrogens with zero attached hydrogens (tertiary/aromatic N) is 3. The molecule has 0 fully saturated rings. The first-order chi connectivity index (χ1) is 11.2. The van der Waals surface area contributed by atoms with Crippen LogP contribution in [0.2, 0.25) is 0 Å². The summed E-state index contributed by atoms with van der Waals surface area (Å²) >= 11 is 0. The van der Waals surface area contributed by atoms with Gasteiger partial charge in [0.25, 0.3) is 5.91 Å². The molecule has 1 N–H and O–H groups in total. The van der Waals surface area contributed by atoms with Crippen LogP contribution in [-0.2, 0) is 19.9 Å². The Hall–Kier alpha value is -2.95. The summed E-state index contributed by atoms with van der Waals surface area (Å²) in [6.45, 7) is 0. The molecule has 2 heterocycles. The molecule has 0 saturated carbocycles. The van der Waals surface area contributed by atoms with Gasteiger partial charge in [0, 0.05) is 19.4 Å². The predicted octanol–water partition coefficient (Wildman–Crippen LogP) is 2.85. The minimum absolute atomic E-state index is 0.210. The van der Waals surface area contributed by atoms with E-state index in [0.717, 1.165) is 18.4 Å². The minimum Gasteiger partial charge on any atom is -0.305 e. The average Bonchev–Trinajstić information content (AvgIpc) is 3.00. The lowest BCUT2D eigenvalue weighted by Crippen LogP contribution is -2.16. The van der Waals surface area contributed by atoms with Crippen LogP contribution in [-0.4, -0.2) is 20.7 Å². The van der Waals surface area contributed by atoms with Gasteiger partial charge in [-0.2, -0.15) is 5.10 Å². The molecule has 0 aliphatic rings. The van der Waals surface area contributed by atoms with Gasteiger partial charge in [-0.1, -0.05) is 30.3 Å². The Morgan fingerprint density at radius 1 is 1.04 bits per heavy atom. The number of aromatic nitrogens is 3. The summed E-state index contributed by atoms with van der Waals surface area (Å²) in [6, 6.07) is 15.9. The van der Waals surface area contributed by atoms with Crippen molar-refractivity contribution in [2.75, 3.05) is 5.32 Å². The number of anilines is 1. The third-order valence-corrected chi connectivity index (χ3v) is 3.66. The molecule has 0 unspecified atom stereocenters. The number of benzene rings is 1. The van der Waals surface area contributed by atoms with Crippen LogP contribution in [0.4, 0.5) is 5.82 Å². The molecule has 3 aromatic rings. The molecule has 0 bridgehead atoms. The van der Waals surface area contributed by atoms with Crippen molar-refractivity contribution < 1.29 is 4.79 Å². The minimum atomic E-state index is -0.210. The van der Waals surface area contributed by atoms with Gasteiger partial charge in [-0.15, -0.1) is 0 Å². The number of hydrogen-bond acceptors (Lipinski definition) is 3. The summed E-state index contributed by atoms with van der Waals surface area (Å²) in [5, 5.41) is 6.81. The molecule has 5 nitrogen and oxygen atoms in total. The molecular weight excluding hydrogens is 288 g/mol. The number of pyridine rings is 1. The van der Waals surface area contributed by atoms with Crippen molar-refractivity contribution in [3.8, 4) is 0 Å². The zero-order chi connectivity index (χ0) is 16.1. The van der Waals surface area contributed by atoms with Gasteiger partial charge in [0.05, 0.1) is 0 Å². The molecule has 116 valence electrons. The van der Waals surface area contributed by atoms with Gasteiger partial charge in [-0.3, -0.25) is 9.48 Å². The maximum atomic E-state index is 12.2. The van der Waals surface area contributed by atoms with E-state index in [1.165, 1.54) is 10.2 Å². The first-order valence-corrected chi connectivity index (χ1v) is 7.50. The fourth-order valence-electron chi connectivity index (χ4n) is 2.41. The highest BCUT2D eigenvalue weighted by Crippen LogP contribution is 2.12. The van der Waals surface area contributed by atoms with Crippen LogP contribution in [0, 0.1) is 0 Å². The molecule has 0 spiro atoms. The van der Waals surface area contributed by atoms with E-state index in [2.05, 4.69) is 27.5 Å². The Balaban J connectivity index is 1.65. The van der Waals surface area contributed by atoms with E-state index >= 15 is 0 Å². The van der Waals surface area contributed by atoms with Gasteiger partial charge in [-0.25, -0.2) is 4.98 Å². The van der Waals surface area contributed by atoms with Crippen LogP contribution in [0.25, 0.3) is 0 Å². The Bertz CT molecular complexity index is 796. The summed E-state index contributed by atoms with van der Waals surface area (Å²) in [6.07, 6.45) is 5.18. The maximum Gasteiger partial charge on any atom is 0.275 e. The second-order valence-corrected chi connectivity index (χ2v) is 5.33. The Morgan fingerprint density at radius 2 is 1.83 bits per heavy atom. The highest BCUT2D eigenvalue weighted by atomic mass is 16.2. The number of nitrogens with one attached hydrogen (secondary N) is 1. The molecule has 0 saturated heterocycles. The Labute approximate surface area is 135 Å². The van der Waals surface area contributed by atoms with Gasteiger partial charge >= 0.3 is 0 Å². The molecule has 0 aliphatic heterocycles. The number of amides is 1. The van der Waals surface area contributed by atoms with Crippen LogP contribution < -0.4 is 5.32 Å². The second-order valence-electron chi connectivity index (χ2n) is 5.33. The predicted molar refractivity (Wildman–Crippen MR) is 89.2 cm³/mol. The second kappa shape index (κ2) is 6.87. The monoisotopic (exact) mass is 306 g/mol. The summed E-state index contributed by atoms with van der Waals surface area (Å²) in [5.74, 6) is 0.347. The largest absolute Gasteiger partial charge is 0.305 e. The van der Waals surface area contributed by atoms with E-state index in [0.29, 0.717) is 11.5 Å². The number of carbonyl (C=O) groups excluding carboxylic acids is 1. The van der Waals surface area contributed by atoms with Crippen molar-refractivity contribution in [2.45, 2.75) is 12.8 Å². The van der Waals surface area contributed by atoms with E-state index in [4.69, 9.17) is 0 Å². The van der Waals surface area contributed by atoms with E-state index in [-0.39, 0.29) is 5.91 Å². The normalized spacial score (nSPS) is 10.5. The molecule has 1 aromatic carbocycles. The quantitative estimate of drug-likeness (QED) is 0.788. The molecule has 0 atom stereocenters. The van der Waals surface area contributed by atoms with Crippen LogP contribution in [0.15, 0.2) is 60.9 Å². The van der Waals surface area contributed by atoms with Crippen molar-refractivity contribution in [1.82, 2.24) is 14.8 Å². The third kappa shape index (κ3) is 3.83. The van der Waals surface area contributed by atoms with Crippen molar-refractivity contribution in [2.24, 2.45) is 7.05 Å². The van der Waals surface area contributed by atoms with Gasteiger partial charge < -0.3 is 5.32 Å². The Kier molecular flexibility index (Phi) is 4.47. The smallest absolute Gasteiger partial charge is 0.275 e. The molecule has 2 aromatic heterocycles. The third-order valence-electron chi connectivity index (χ3n) is 3.66. The topological polar surface area (TPSA) is 59.8 Å². The standard InChI is InChI=1S/C18H18N4O/c1-22-16(10-12-20-22)18(23)21-17-13-15(9-11-19-17)8-7-14-5-3-2-4-6-14/h2-6,9-13H,7-8H2,1H3,(H,19,21,23). The number of carbonyl (C=O) groups is 1. The molecule has 5 heteroatoms. The van der Waals surface area contributed by atoms with E-state index < -0.39 is 0 Å². The zero-order valence-corrected chi connectivity index (χ0v) is 12.9. The number of rotatable bonds is 5. The van der Waals surface area contributed by atoms with Crippen molar-refractivity contribution >= 4 is 11.7 Å². The highest BCUT2D eigenvalue weighted by Gasteiger charge is 2.10. The molecular formula is C18H18N4O. The summed E-state index contributed by atoms with van der Waals surface area (Å²) in [7, 11) is 1.73. The molecule has 0 radical (unpaired) electrons. The average molecular weight is 306 g/mol. The fourth-order valence-corrected chi connectivity index (χ4v) is 2.41. The first-order valence-electron chi connectivity index (χ1n) is 7.50. The van der Waals surface area contributed by atoms with E-state index in [9.17, 15) is 4.79 Å². The first kappa shape index (κ1) is 15.0. The lowest BCUT2D eigenvalue weighted by molar-refractivity contribution is 0.101. The lowest BCUT2D eigenvalue weighted by Gasteiger charge is -2.07. The maximum absolute atomic E-state index is 12.2. The number of aryl methyl sites for hydroxylation is 3. The van der Waals surface area contributed by atoms with Crippen molar-refractivity contribution in [1.29, 1.82) is 0 Å². The van der Waals surface area contributed by atoms with Gasteiger partial charge in [0.1, 0.15) is 11.5 Å². The summed E-state index contributed by atoms with van der Waals surface area (Å²) < 4.78 is 1.54. The van der Waals surface area contributed by atoms with Crippen LogP contribution in [0.1, 0.15) is 21.6 Å². The van der Waals surface area contributed by atoms with Crippen LogP contribution >= 0.6 is 0 Å². The summed E-state index contributed by atoms with van der Waals surface area (Å²) in [4.78, 5) is 16.4.